The highest BCUT2D eigenvalue weighted by molar-refractivity contribution is 5.48. The molecule has 2 aromatic rings. The van der Waals surface area contributed by atoms with Gasteiger partial charge in [0.15, 0.2) is 0 Å². The minimum absolute atomic E-state index is 0.604. The van der Waals surface area contributed by atoms with Crippen LogP contribution in [0.2, 0.25) is 0 Å². The van der Waals surface area contributed by atoms with Crippen molar-refractivity contribution < 1.29 is 0 Å². The number of hydrogen-bond donors (Lipinski definition) is 1. The van der Waals surface area contributed by atoms with Gasteiger partial charge in [0.2, 0.25) is 0 Å². The van der Waals surface area contributed by atoms with E-state index in [1.807, 2.05) is 0 Å². The number of anilines is 1. The van der Waals surface area contributed by atoms with Crippen molar-refractivity contribution in [3.05, 3.63) is 65.7 Å². The molecule has 0 aliphatic carbocycles. The van der Waals surface area contributed by atoms with E-state index in [0.717, 1.165) is 19.5 Å². The molecule has 2 rings (SSSR count). The van der Waals surface area contributed by atoms with E-state index in [9.17, 15) is 0 Å². The molecule has 0 amide bonds. The fourth-order valence-electron chi connectivity index (χ4n) is 2.22. The number of hydrogen-bond acceptors (Lipinski definition) is 2. The van der Waals surface area contributed by atoms with Crippen LogP contribution in [0, 0.1) is 0 Å². The average Bonchev–Trinajstić information content (AvgIpc) is 2.48. The van der Waals surface area contributed by atoms with Crippen molar-refractivity contribution in [1.82, 2.24) is 0 Å². The molecule has 0 saturated heterocycles. The van der Waals surface area contributed by atoms with Gasteiger partial charge in [-0.15, -0.1) is 0 Å². The van der Waals surface area contributed by atoms with Gasteiger partial charge in [-0.25, -0.2) is 0 Å². The molecule has 2 N–H and O–H groups in total. The van der Waals surface area contributed by atoms with Crippen molar-refractivity contribution in [2.45, 2.75) is 26.4 Å². The summed E-state index contributed by atoms with van der Waals surface area (Å²) in [4.78, 5) is 2.41. The highest BCUT2D eigenvalue weighted by Gasteiger charge is 2.06. The minimum Gasteiger partial charge on any atom is -0.367 e. The summed E-state index contributed by atoms with van der Waals surface area (Å²) in [5.41, 5.74) is 9.44. The Morgan fingerprint density at radius 3 is 2.16 bits per heavy atom. The molecule has 0 fully saturated rings. The molecule has 2 aromatic carbocycles. The summed E-state index contributed by atoms with van der Waals surface area (Å²) in [6, 6.07) is 19.2. The minimum atomic E-state index is 0.604. The smallest absolute Gasteiger partial charge is 0.0429 e. The van der Waals surface area contributed by atoms with Gasteiger partial charge < -0.3 is 10.6 Å². The van der Waals surface area contributed by atoms with Gasteiger partial charge in [0, 0.05) is 25.3 Å². The third-order valence-corrected chi connectivity index (χ3v) is 3.25. The van der Waals surface area contributed by atoms with Crippen molar-refractivity contribution in [1.29, 1.82) is 0 Å². The summed E-state index contributed by atoms with van der Waals surface area (Å²) < 4.78 is 0. The molecule has 2 nitrogen and oxygen atoms in total. The predicted molar refractivity (Wildman–Crippen MR) is 82.1 cm³/mol. The van der Waals surface area contributed by atoms with Crippen LogP contribution < -0.4 is 10.6 Å². The lowest BCUT2D eigenvalue weighted by atomic mass is 10.1. The van der Waals surface area contributed by atoms with Crippen molar-refractivity contribution in [2.75, 3.05) is 11.4 Å². The zero-order valence-electron chi connectivity index (χ0n) is 11.5. The van der Waals surface area contributed by atoms with Gasteiger partial charge in [-0.1, -0.05) is 49.4 Å². The van der Waals surface area contributed by atoms with Crippen LogP contribution in [0.5, 0.6) is 0 Å². The monoisotopic (exact) mass is 254 g/mol. The number of rotatable bonds is 6. The third kappa shape index (κ3) is 3.83. The summed E-state index contributed by atoms with van der Waals surface area (Å²) in [6.45, 7) is 4.84. The second kappa shape index (κ2) is 6.95. The van der Waals surface area contributed by atoms with Crippen LogP contribution in [0.1, 0.15) is 24.5 Å². The van der Waals surface area contributed by atoms with Crippen LogP contribution in [0.15, 0.2) is 54.6 Å². The van der Waals surface area contributed by atoms with Gasteiger partial charge in [0.05, 0.1) is 0 Å². The summed E-state index contributed by atoms with van der Waals surface area (Å²) >= 11 is 0. The average molecular weight is 254 g/mol. The first-order valence-electron chi connectivity index (χ1n) is 6.91. The van der Waals surface area contributed by atoms with Gasteiger partial charge in [-0.2, -0.15) is 0 Å². The molecular formula is C17H22N2. The molecule has 0 saturated carbocycles. The standard InChI is InChI=1S/C17H22N2/c1-2-12-19(14-16-6-4-3-5-7-16)17-10-8-15(13-18)9-11-17/h3-11H,2,12-14,18H2,1H3. The van der Waals surface area contributed by atoms with E-state index in [0.29, 0.717) is 6.54 Å². The largest absolute Gasteiger partial charge is 0.367 e. The van der Waals surface area contributed by atoms with Gasteiger partial charge >= 0.3 is 0 Å². The number of nitrogens with two attached hydrogens (primary N) is 1. The molecule has 0 unspecified atom stereocenters. The lowest BCUT2D eigenvalue weighted by Gasteiger charge is -2.24. The van der Waals surface area contributed by atoms with Crippen LogP contribution >= 0.6 is 0 Å². The van der Waals surface area contributed by atoms with E-state index in [1.165, 1.54) is 16.8 Å². The summed E-state index contributed by atoms with van der Waals surface area (Å²) in [5, 5.41) is 0. The Hall–Kier alpha value is -1.80. The maximum absolute atomic E-state index is 5.64. The lowest BCUT2D eigenvalue weighted by molar-refractivity contribution is 0.767. The molecule has 0 bridgehead atoms. The molecule has 0 heterocycles. The molecule has 19 heavy (non-hydrogen) atoms. The molecular weight excluding hydrogens is 232 g/mol. The van der Waals surface area contributed by atoms with Crippen LogP contribution in [0.25, 0.3) is 0 Å². The summed E-state index contributed by atoms with van der Waals surface area (Å²) in [6.07, 6.45) is 1.14. The molecule has 0 spiro atoms. The maximum atomic E-state index is 5.64. The molecule has 0 radical (unpaired) electrons. The van der Waals surface area contributed by atoms with E-state index in [4.69, 9.17) is 5.73 Å². The first kappa shape index (κ1) is 13.6. The molecule has 0 aromatic heterocycles. The summed E-state index contributed by atoms with van der Waals surface area (Å²) in [5.74, 6) is 0. The first-order valence-corrected chi connectivity index (χ1v) is 6.91. The van der Waals surface area contributed by atoms with E-state index in [-0.39, 0.29) is 0 Å². The van der Waals surface area contributed by atoms with Crippen LogP contribution in [-0.2, 0) is 13.1 Å². The SMILES string of the molecule is CCCN(Cc1ccccc1)c1ccc(CN)cc1. The Balaban J connectivity index is 2.14. The van der Waals surface area contributed by atoms with E-state index in [1.54, 1.807) is 0 Å². The van der Waals surface area contributed by atoms with Crippen LogP contribution in [0.3, 0.4) is 0 Å². The molecule has 0 aliphatic rings. The maximum Gasteiger partial charge on any atom is 0.0429 e. The second-order valence-corrected chi connectivity index (χ2v) is 4.78. The Morgan fingerprint density at radius 2 is 1.58 bits per heavy atom. The Labute approximate surface area is 115 Å². The van der Waals surface area contributed by atoms with Gasteiger partial charge in [0.25, 0.3) is 0 Å². The van der Waals surface area contributed by atoms with Gasteiger partial charge in [-0.3, -0.25) is 0 Å². The van der Waals surface area contributed by atoms with E-state index >= 15 is 0 Å². The normalized spacial score (nSPS) is 10.4. The predicted octanol–water partition coefficient (Wildman–Crippen LogP) is 3.56. The Bertz CT molecular complexity index is 476. The van der Waals surface area contributed by atoms with Crippen LogP contribution in [-0.4, -0.2) is 6.54 Å². The Kier molecular flexibility index (Phi) is 4.99. The van der Waals surface area contributed by atoms with Crippen LogP contribution in [0.4, 0.5) is 5.69 Å². The zero-order valence-corrected chi connectivity index (χ0v) is 11.5. The number of nitrogens with zero attached hydrogens (tertiary/aromatic N) is 1. The topological polar surface area (TPSA) is 29.3 Å². The highest BCUT2D eigenvalue weighted by atomic mass is 15.1. The quantitative estimate of drug-likeness (QED) is 0.854. The molecule has 100 valence electrons. The fourth-order valence-corrected chi connectivity index (χ4v) is 2.22. The molecule has 2 heteroatoms. The van der Waals surface area contributed by atoms with Crippen molar-refractivity contribution in [3.8, 4) is 0 Å². The lowest BCUT2D eigenvalue weighted by Crippen LogP contribution is -2.23. The molecule has 0 aliphatic heterocycles. The van der Waals surface area contributed by atoms with Crippen molar-refractivity contribution in [2.24, 2.45) is 5.73 Å². The summed E-state index contributed by atoms with van der Waals surface area (Å²) in [7, 11) is 0. The highest BCUT2D eigenvalue weighted by Crippen LogP contribution is 2.18. The second-order valence-electron chi connectivity index (χ2n) is 4.78. The third-order valence-electron chi connectivity index (χ3n) is 3.25. The zero-order chi connectivity index (χ0) is 13.5. The number of benzene rings is 2. The Morgan fingerprint density at radius 1 is 0.895 bits per heavy atom. The van der Waals surface area contributed by atoms with Crippen molar-refractivity contribution in [3.63, 3.8) is 0 Å². The van der Waals surface area contributed by atoms with Crippen molar-refractivity contribution >= 4 is 5.69 Å². The van der Waals surface area contributed by atoms with Gasteiger partial charge in [0.1, 0.15) is 0 Å². The molecule has 0 atom stereocenters. The van der Waals surface area contributed by atoms with E-state index in [2.05, 4.69) is 66.4 Å². The fraction of sp³-hybridized carbons (Fsp3) is 0.294. The first-order chi connectivity index (χ1) is 9.33. The van der Waals surface area contributed by atoms with Gasteiger partial charge in [-0.05, 0) is 29.7 Å². The van der Waals surface area contributed by atoms with E-state index < -0.39 is 0 Å².